The molecule has 2 saturated heterocycles. The van der Waals surface area contributed by atoms with Crippen LogP contribution in [0.3, 0.4) is 0 Å². The molecule has 3 N–H and O–H groups in total. The van der Waals surface area contributed by atoms with Crippen molar-refractivity contribution in [2.24, 2.45) is 0 Å². The van der Waals surface area contributed by atoms with Crippen LogP contribution in [0.15, 0.2) is 60.2 Å². The smallest absolute Gasteiger partial charge is 0.299 e. The molecule has 3 amide bonds. The molecule has 45 heavy (non-hydrogen) atoms. The van der Waals surface area contributed by atoms with Gasteiger partial charge in [0.25, 0.3) is 11.8 Å². The number of fused-ring (bicyclic) bond motifs is 3. The van der Waals surface area contributed by atoms with Crippen molar-refractivity contribution in [1.82, 2.24) is 30.7 Å². The van der Waals surface area contributed by atoms with Gasteiger partial charge < -0.3 is 30.0 Å². The van der Waals surface area contributed by atoms with Crippen molar-refractivity contribution in [3.8, 4) is 22.5 Å². The van der Waals surface area contributed by atoms with Crippen LogP contribution in [0.2, 0.25) is 0 Å². The Morgan fingerprint density at radius 2 is 1.89 bits per heavy atom. The molecule has 14 heteroatoms. The predicted molar refractivity (Wildman–Crippen MR) is 158 cm³/mol. The maximum Gasteiger partial charge on any atom is 0.299 e. The number of ether oxygens (including phenoxy) is 2. The highest BCUT2D eigenvalue weighted by Gasteiger charge is 2.52. The third kappa shape index (κ3) is 5.18. The number of alkyl halides is 2. The van der Waals surface area contributed by atoms with E-state index in [0.29, 0.717) is 24.6 Å². The Hall–Kier alpha value is -4.53. The van der Waals surface area contributed by atoms with E-state index in [1.807, 2.05) is 18.4 Å². The zero-order valence-electron chi connectivity index (χ0n) is 24.0. The van der Waals surface area contributed by atoms with Gasteiger partial charge in [-0.2, -0.15) is 8.78 Å². The molecular weight excluding hydrogens is 606 g/mol. The summed E-state index contributed by atoms with van der Waals surface area (Å²) in [6.45, 7) is 2.13. The van der Waals surface area contributed by atoms with Gasteiger partial charge in [-0.15, -0.1) is 21.5 Å². The van der Waals surface area contributed by atoms with Gasteiger partial charge in [-0.25, -0.2) is 0 Å². The molecule has 1 spiro atoms. The van der Waals surface area contributed by atoms with Crippen LogP contribution in [0.5, 0.6) is 0 Å². The minimum absolute atomic E-state index is 0.0214. The quantitative estimate of drug-likeness (QED) is 0.283. The molecule has 232 valence electrons. The Kier molecular flexibility index (Phi) is 7.22. The van der Waals surface area contributed by atoms with Crippen LogP contribution >= 0.6 is 11.3 Å². The first-order valence-electron chi connectivity index (χ1n) is 14.4. The molecule has 1 unspecified atom stereocenters. The van der Waals surface area contributed by atoms with Gasteiger partial charge in [0.05, 0.1) is 32.3 Å². The fraction of sp³-hybridized carbons (Fsp3) is 0.323. The molecule has 3 aliphatic rings. The molecule has 7 rings (SSSR count). The zero-order valence-corrected chi connectivity index (χ0v) is 24.8. The fourth-order valence-corrected chi connectivity index (χ4v) is 7.05. The summed E-state index contributed by atoms with van der Waals surface area (Å²) < 4.78 is 41.5. The summed E-state index contributed by atoms with van der Waals surface area (Å²) in [5.74, 6) is -5.14. The summed E-state index contributed by atoms with van der Waals surface area (Å²) in [6, 6.07) is 10.8. The van der Waals surface area contributed by atoms with Crippen LogP contribution in [0.25, 0.3) is 22.5 Å². The van der Waals surface area contributed by atoms with Crippen LogP contribution in [0.4, 0.5) is 8.78 Å². The highest BCUT2D eigenvalue weighted by molar-refractivity contribution is 7.10. The summed E-state index contributed by atoms with van der Waals surface area (Å²) in [5.41, 5.74) is 1.33. The van der Waals surface area contributed by atoms with E-state index in [2.05, 4.69) is 25.8 Å². The molecule has 2 aromatic carbocycles. The van der Waals surface area contributed by atoms with Crippen molar-refractivity contribution < 1.29 is 32.6 Å². The zero-order chi connectivity index (χ0) is 31.3. The highest BCUT2D eigenvalue weighted by Crippen LogP contribution is 2.51. The normalized spacial score (nSPS) is 19.7. The number of aromatic amines is 1. The second kappa shape index (κ2) is 11.1. The van der Waals surface area contributed by atoms with Gasteiger partial charge in [0.15, 0.2) is 11.6 Å². The maximum atomic E-state index is 14.9. The van der Waals surface area contributed by atoms with Crippen LogP contribution < -0.4 is 10.6 Å². The number of amides is 3. The number of carbonyl (C=O) groups excluding carboxylic acids is 3. The van der Waals surface area contributed by atoms with E-state index in [9.17, 15) is 23.2 Å². The van der Waals surface area contributed by atoms with Crippen molar-refractivity contribution in [2.75, 3.05) is 26.3 Å². The first-order valence-corrected chi connectivity index (χ1v) is 15.3. The van der Waals surface area contributed by atoms with Gasteiger partial charge in [0, 0.05) is 38.9 Å². The van der Waals surface area contributed by atoms with Crippen LogP contribution in [0.1, 0.15) is 45.7 Å². The van der Waals surface area contributed by atoms with Gasteiger partial charge in [0.1, 0.15) is 12.4 Å². The lowest BCUT2D eigenvalue weighted by Crippen LogP contribution is -2.49. The first kappa shape index (κ1) is 29.2. The number of nitrogens with one attached hydrogen (secondary N) is 3. The standard InChI is InChI=1S/C31H28F2N6O5S/c1-17(25-11-19(14-45-25)27-35-16-36-38-27)37-29(42)24-12-30(43-8-9-44-30)15-39(24)26(40)13-34-28(41)18-6-7-23-21(10-18)20-4-2-3-5-22(20)31(23,32)33/h2-7,10-11,14,16-17,24H,8-9,12-13,15H2,1H3,(H,34,41)(H,37,42)(H,35,36,38)/t17-,24?/m1/s1. The van der Waals surface area contributed by atoms with Gasteiger partial charge in [0.2, 0.25) is 11.8 Å². The van der Waals surface area contributed by atoms with Crippen molar-refractivity contribution in [2.45, 2.75) is 37.1 Å². The lowest BCUT2D eigenvalue weighted by atomic mass is 10.0. The molecule has 0 saturated carbocycles. The van der Waals surface area contributed by atoms with Crippen molar-refractivity contribution in [3.05, 3.63) is 81.8 Å². The Balaban J connectivity index is 1.04. The van der Waals surface area contributed by atoms with Crippen molar-refractivity contribution >= 4 is 29.1 Å². The van der Waals surface area contributed by atoms with Crippen LogP contribution in [-0.2, 0) is 25.0 Å². The van der Waals surface area contributed by atoms with Crippen LogP contribution in [0, 0.1) is 0 Å². The molecular formula is C31H28F2N6O5S. The Morgan fingerprint density at radius 3 is 2.67 bits per heavy atom. The number of hydrogen-bond acceptors (Lipinski definition) is 8. The van der Waals surface area contributed by atoms with E-state index < -0.39 is 36.1 Å². The number of halogens is 2. The molecule has 11 nitrogen and oxygen atoms in total. The number of thiophene rings is 1. The Morgan fingerprint density at radius 1 is 1.11 bits per heavy atom. The predicted octanol–water partition coefficient (Wildman–Crippen LogP) is 3.60. The number of H-pyrrole nitrogens is 1. The van der Waals surface area contributed by atoms with Gasteiger partial charge in [-0.05, 0) is 36.2 Å². The van der Waals surface area contributed by atoms with E-state index in [0.717, 1.165) is 10.4 Å². The topological polar surface area (TPSA) is 139 Å². The molecule has 2 aliphatic heterocycles. The minimum Gasteiger partial charge on any atom is -0.347 e. The third-order valence-electron chi connectivity index (χ3n) is 8.40. The van der Waals surface area contributed by atoms with E-state index >= 15 is 0 Å². The number of carbonyl (C=O) groups is 3. The maximum absolute atomic E-state index is 14.9. The highest BCUT2D eigenvalue weighted by atomic mass is 32.1. The number of likely N-dealkylation sites (tertiary alicyclic amines) is 1. The summed E-state index contributed by atoms with van der Waals surface area (Å²) in [5, 5.41) is 15.3. The van der Waals surface area contributed by atoms with Gasteiger partial charge in [-0.1, -0.05) is 30.3 Å². The largest absolute Gasteiger partial charge is 0.347 e. The second-order valence-electron chi connectivity index (χ2n) is 11.2. The summed E-state index contributed by atoms with van der Waals surface area (Å²) in [6.07, 6.45) is 1.62. The average molecular weight is 635 g/mol. The molecule has 2 atom stereocenters. The monoisotopic (exact) mass is 634 g/mol. The van der Waals surface area contributed by atoms with Crippen molar-refractivity contribution in [3.63, 3.8) is 0 Å². The van der Waals surface area contributed by atoms with Crippen molar-refractivity contribution in [1.29, 1.82) is 0 Å². The number of rotatable bonds is 7. The molecule has 1 aliphatic carbocycles. The molecule has 2 fully saturated rings. The fourth-order valence-electron chi connectivity index (χ4n) is 6.15. The number of benzene rings is 2. The van der Waals surface area contributed by atoms with E-state index in [4.69, 9.17) is 9.47 Å². The summed E-state index contributed by atoms with van der Waals surface area (Å²) in [4.78, 5) is 45.3. The lowest BCUT2D eigenvalue weighted by molar-refractivity contribution is -0.152. The summed E-state index contributed by atoms with van der Waals surface area (Å²) in [7, 11) is 0. The number of aromatic nitrogens is 3. The van der Waals surface area contributed by atoms with E-state index in [1.165, 1.54) is 46.8 Å². The summed E-state index contributed by atoms with van der Waals surface area (Å²) >= 11 is 1.46. The SMILES string of the molecule is C[C@@H](NC(=O)C1CC2(CN1C(=O)CNC(=O)c1ccc3c(c1)-c1ccccc1C3(F)F)OCCO2)c1cc(-c2nnc[nH]2)cs1. The Labute approximate surface area is 259 Å². The lowest BCUT2D eigenvalue weighted by Gasteiger charge is -2.25. The van der Waals surface area contributed by atoms with E-state index in [-0.39, 0.29) is 47.2 Å². The Bertz CT molecular complexity index is 1790. The van der Waals surface area contributed by atoms with E-state index in [1.54, 1.807) is 18.2 Å². The molecule has 4 aromatic rings. The van der Waals surface area contributed by atoms with Gasteiger partial charge >= 0.3 is 0 Å². The average Bonchev–Trinajstić information content (AvgIpc) is 3.88. The minimum atomic E-state index is -3.16. The second-order valence-corrected chi connectivity index (χ2v) is 12.2. The first-order chi connectivity index (χ1) is 21.6. The molecule has 0 radical (unpaired) electrons. The number of nitrogens with zero attached hydrogens (tertiary/aromatic N) is 3. The molecule has 4 heterocycles. The van der Waals surface area contributed by atoms with Crippen LogP contribution in [-0.4, -0.2) is 75.9 Å². The molecule has 0 bridgehead atoms. The van der Waals surface area contributed by atoms with Gasteiger partial charge in [-0.3, -0.25) is 14.4 Å². The molecule has 2 aromatic heterocycles. The number of hydrogen-bond donors (Lipinski definition) is 3. The third-order valence-corrected chi connectivity index (χ3v) is 9.51.